The van der Waals surface area contributed by atoms with Crippen LogP contribution in [0.1, 0.15) is 263 Å². The summed E-state index contributed by atoms with van der Waals surface area (Å²) >= 11 is 0. The summed E-state index contributed by atoms with van der Waals surface area (Å²) in [6.07, 6.45) is 51.4. The molecule has 0 saturated heterocycles. The highest BCUT2D eigenvalue weighted by Gasteiger charge is 2.11. The quantitative estimate of drug-likeness (QED) is 0.0475. The first-order valence-corrected chi connectivity index (χ1v) is 26.1. The van der Waals surface area contributed by atoms with Crippen molar-refractivity contribution in [1.82, 2.24) is 0 Å². The number of unbranched alkanes of at least 4 members (excludes halogenated alkanes) is 28. The topological polar surface area (TPSA) is 24.7 Å². The van der Waals surface area contributed by atoms with Crippen LogP contribution in [-0.4, -0.2) is 11.4 Å². The fraction of sp³-hybridized carbons (Fsp3) is 0.719. The summed E-state index contributed by atoms with van der Waals surface area (Å²) in [5.41, 5.74) is 9.91. The molecular formula is C57H96N2. The second kappa shape index (κ2) is 37.3. The third kappa shape index (κ3) is 27.2. The molecule has 2 heteroatoms. The first-order chi connectivity index (χ1) is 29.1. The molecule has 2 aromatic rings. The van der Waals surface area contributed by atoms with Crippen LogP contribution in [0.15, 0.2) is 58.5 Å². The fourth-order valence-electron chi connectivity index (χ4n) is 8.48. The SMILES string of the molecule is CCCCCCCCCCCCC/C=C/C(=Nc1cc(CC)cc(CC)c1)C(CCCCCCCCCCCCCCCCCCCC)=Nc1cc(CC)cc(CC)c1. The second-order valence-corrected chi connectivity index (χ2v) is 18.0. The van der Waals surface area contributed by atoms with E-state index in [0.717, 1.165) is 61.3 Å². The molecule has 0 amide bonds. The van der Waals surface area contributed by atoms with E-state index in [4.69, 9.17) is 9.98 Å². The lowest BCUT2D eigenvalue weighted by molar-refractivity contribution is 0.526. The number of allylic oxidation sites excluding steroid dienone is 2. The largest absolute Gasteiger partial charge is 0.251 e. The molecule has 0 fully saturated rings. The van der Waals surface area contributed by atoms with Gasteiger partial charge in [0.05, 0.1) is 22.8 Å². The third-order valence-corrected chi connectivity index (χ3v) is 12.5. The summed E-state index contributed by atoms with van der Waals surface area (Å²) in [6, 6.07) is 14.0. The van der Waals surface area contributed by atoms with Crippen molar-refractivity contribution < 1.29 is 0 Å². The van der Waals surface area contributed by atoms with Crippen LogP contribution >= 0.6 is 0 Å². The van der Waals surface area contributed by atoms with Crippen molar-refractivity contribution in [3.8, 4) is 0 Å². The van der Waals surface area contributed by atoms with Crippen LogP contribution in [0.4, 0.5) is 11.4 Å². The van der Waals surface area contributed by atoms with E-state index in [1.165, 1.54) is 208 Å². The van der Waals surface area contributed by atoms with Gasteiger partial charge in [0.1, 0.15) is 0 Å². The van der Waals surface area contributed by atoms with Gasteiger partial charge in [-0.25, -0.2) is 4.99 Å². The molecule has 0 aromatic heterocycles. The lowest BCUT2D eigenvalue weighted by Gasteiger charge is -2.12. The van der Waals surface area contributed by atoms with Crippen LogP contribution in [0.25, 0.3) is 0 Å². The maximum absolute atomic E-state index is 5.49. The average Bonchev–Trinajstić information content (AvgIpc) is 3.26. The normalized spacial score (nSPS) is 12.4. The Kier molecular flexibility index (Phi) is 33.3. The summed E-state index contributed by atoms with van der Waals surface area (Å²) in [4.78, 5) is 10.9. The molecule has 0 aliphatic heterocycles. The zero-order valence-corrected chi connectivity index (χ0v) is 40.3. The summed E-state index contributed by atoms with van der Waals surface area (Å²) in [7, 11) is 0. The highest BCUT2D eigenvalue weighted by atomic mass is 14.8. The molecule has 0 radical (unpaired) electrons. The Morgan fingerprint density at radius 3 is 1.00 bits per heavy atom. The molecule has 0 aliphatic rings. The van der Waals surface area contributed by atoms with Crippen molar-refractivity contribution in [3.05, 3.63) is 70.8 Å². The van der Waals surface area contributed by atoms with E-state index in [1.807, 2.05) is 0 Å². The summed E-state index contributed by atoms with van der Waals surface area (Å²) in [5.74, 6) is 0. The molecule has 0 atom stereocenters. The lowest BCUT2D eigenvalue weighted by atomic mass is 10.0. The van der Waals surface area contributed by atoms with E-state index in [1.54, 1.807) is 0 Å². The highest BCUT2D eigenvalue weighted by molar-refractivity contribution is 6.47. The van der Waals surface area contributed by atoms with Gasteiger partial charge in [-0.1, -0.05) is 233 Å². The van der Waals surface area contributed by atoms with E-state index in [0.29, 0.717) is 0 Å². The maximum Gasteiger partial charge on any atom is 0.0848 e. The number of benzene rings is 2. The number of nitrogens with zero attached hydrogens (tertiary/aromatic N) is 2. The molecule has 0 N–H and O–H groups in total. The van der Waals surface area contributed by atoms with E-state index < -0.39 is 0 Å². The Morgan fingerprint density at radius 1 is 0.356 bits per heavy atom. The van der Waals surface area contributed by atoms with Gasteiger partial charge >= 0.3 is 0 Å². The molecule has 334 valence electrons. The molecule has 2 nitrogen and oxygen atoms in total. The zero-order chi connectivity index (χ0) is 42.4. The average molecular weight is 809 g/mol. The Labute approximate surface area is 368 Å². The Morgan fingerprint density at radius 2 is 0.661 bits per heavy atom. The van der Waals surface area contributed by atoms with Crippen LogP contribution in [0.3, 0.4) is 0 Å². The Balaban J connectivity index is 2.03. The van der Waals surface area contributed by atoms with E-state index in [-0.39, 0.29) is 0 Å². The van der Waals surface area contributed by atoms with E-state index in [9.17, 15) is 0 Å². The lowest BCUT2D eigenvalue weighted by Crippen LogP contribution is -2.12. The Bertz CT molecular complexity index is 1330. The van der Waals surface area contributed by atoms with Crippen molar-refractivity contribution in [2.24, 2.45) is 9.98 Å². The molecule has 59 heavy (non-hydrogen) atoms. The maximum atomic E-state index is 5.49. The summed E-state index contributed by atoms with van der Waals surface area (Å²) < 4.78 is 0. The van der Waals surface area contributed by atoms with Gasteiger partial charge in [-0.05, 0) is 104 Å². The predicted molar refractivity (Wildman–Crippen MR) is 268 cm³/mol. The third-order valence-electron chi connectivity index (χ3n) is 12.5. The Hall–Kier alpha value is -2.48. The van der Waals surface area contributed by atoms with Gasteiger partial charge in [-0.3, -0.25) is 4.99 Å². The summed E-state index contributed by atoms with van der Waals surface area (Å²) in [6.45, 7) is 13.7. The molecule has 0 aliphatic carbocycles. The number of aryl methyl sites for hydroxylation is 4. The van der Waals surface area contributed by atoms with Gasteiger partial charge in [-0.15, -0.1) is 0 Å². The molecule has 2 aromatic carbocycles. The minimum atomic E-state index is 0.978. The van der Waals surface area contributed by atoms with Gasteiger partial charge in [0.15, 0.2) is 0 Å². The second-order valence-electron chi connectivity index (χ2n) is 18.0. The van der Waals surface area contributed by atoms with Gasteiger partial charge in [0.25, 0.3) is 0 Å². The van der Waals surface area contributed by atoms with Crippen LogP contribution in [0, 0.1) is 0 Å². The zero-order valence-electron chi connectivity index (χ0n) is 40.3. The fourth-order valence-corrected chi connectivity index (χ4v) is 8.48. The van der Waals surface area contributed by atoms with Crippen molar-refractivity contribution in [2.45, 2.75) is 266 Å². The van der Waals surface area contributed by atoms with Gasteiger partial charge in [0, 0.05) is 0 Å². The van der Waals surface area contributed by atoms with Crippen LogP contribution in [0.5, 0.6) is 0 Å². The van der Waals surface area contributed by atoms with Gasteiger partial charge in [-0.2, -0.15) is 0 Å². The number of aliphatic imine (C=N–C) groups is 2. The van der Waals surface area contributed by atoms with E-state index in [2.05, 4.69) is 90.1 Å². The first kappa shape index (κ1) is 52.7. The van der Waals surface area contributed by atoms with Gasteiger partial charge in [0.2, 0.25) is 0 Å². The van der Waals surface area contributed by atoms with Crippen molar-refractivity contribution in [2.75, 3.05) is 0 Å². The smallest absolute Gasteiger partial charge is 0.0848 e. The standard InChI is InChI=1S/C57H96N2/c1-7-13-15-17-19-21-23-25-26-27-28-29-31-33-35-37-39-41-43-57(59-55-48-52(11-5)45-53(12-6)49-55)56(58-54-46-50(9-3)44-51(10-4)47-54)42-40-38-36-34-32-30-24-22-20-18-16-14-8-2/h40,42,44-49H,7-39,41,43H2,1-6H3/b42-40+,58-56?,59-57?. The van der Waals surface area contributed by atoms with Crippen LogP contribution < -0.4 is 0 Å². The van der Waals surface area contributed by atoms with Crippen molar-refractivity contribution >= 4 is 22.8 Å². The number of rotatable bonds is 39. The van der Waals surface area contributed by atoms with Crippen LogP contribution in [-0.2, 0) is 25.7 Å². The minimum absolute atomic E-state index is 0.978. The predicted octanol–water partition coefficient (Wildman–Crippen LogP) is 19.5. The van der Waals surface area contributed by atoms with Gasteiger partial charge < -0.3 is 0 Å². The number of hydrogen-bond acceptors (Lipinski definition) is 2. The molecular weight excluding hydrogens is 713 g/mol. The van der Waals surface area contributed by atoms with Crippen LogP contribution in [0.2, 0.25) is 0 Å². The molecule has 2 rings (SSSR count). The summed E-state index contributed by atoms with van der Waals surface area (Å²) in [5, 5.41) is 0. The molecule has 0 bridgehead atoms. The molecule has 0 unspecified atom stereocenters. The van der Waals surface area contributed by atoms with Crippen molar-refractivity contribution in [1.29, 1.82) is 0 Å². The first-order valence-electron chi connectivity index (χ1n) is 26.1. The molecule has 0 spiro atoms. The van der Waals surface area contributed by atoms with Crippen molar-refractivity contribution in [3.63, 3.8) is 0 Å². The van der Waals surface area contributed by atoms with E-state index >= 15 is 0 Å². The molecule has 0 heterocycles. The monoisotopic (exact) mass is 809 g/mol. The molecule has 0 saturated carbocycles. The minimum Gasteiger partial charge on any atom is -0.251 e. The number of hydrogen-bond donors (Lipinski definition) is 0. The highest BCUT2D eigenvalue weighted by Crippen LogP contribution is 2.24.